The molecule has 0 saturated carbocycles. The minimum Gasteiger partial charge on any atom is -0.460 e. The number of hydroxylamine groups is 1. The van der Waals surface area contributed by atoms with Crippen LogP contribution in [0.15, 0.2) is 30.5 Å². The summed E-state index contributed by atoms with van der Waals surface area (Å²) in [6.45, 7) is 3.53. The fourth-order valence-electron chi connectivity index (χ4n) is 2.69. The van der Waals surface area contributed by atoms with Crippen molar-refractivity contribution in [1.82, 2.24) is 10.5 Å². The van der Waals surface area contributed by atoms with E-state index in [-0.39, 0.29) is 18.1 Å². The second-order valence-electron chi connectivity index (χ2n) is 6.25. The lowest BCUT2D eigenvalue weighted by molar-refractivity contribution is -0.181. The summed E-state index contributed by atoms with van der Waals surface area (Å²) in [5, 5.41) is 10.7. The highest BCUT2D eigenvalue weighted by Gasteiger charge is 2.34. The molecule has 26 heavy (non-hydrogen) atoms. The Morgan fingerprint density at radius 1 is 1.38 bits per heavy atom. The van der Waals surface area contributed by atoms with Crippen LogP contribution in [0.25, 0.3) is 0 Å². The number of aromatic nitrogens is 1. The van der Waals surface area contributed by atoms with Gasteiger partial charge in [0.1, 0.15) is 11.9 Å². The number of benzene rings is 1. The molecule has 0 fully saturated rings. The zero-order chi connectivity index (χ0) is 18.9. The number of nitrogens with zero attached hydrogens (tertiary/aromatic N) is 1. The molecule has 1 unspecified atom stereocenters. The molecule has 7 nitrogen and oxygen atoms in total. The first-order valence-corrected chi connectivity index (χ1v) is 7.94. The molecule has 1 amide bonds. The highest BCUT2D eigenvalue weighted by atomic mass is 19.1. The fourth-order valence-corrected chi connectivity index (χ4v) is 2.69. The number of rotatable bonds is 4. The number of ether oxygens (including phenoxy) is 2. The van der Waals surface area contributed by atoms with Crippen molar-refractivity contribution in [2.45, 2.75) is 32.3 Å². The van der Waals surface area contributed by atoms with Crippen molar-refractivity contribution in [3.63, 3.8) is 0 Å². The maximum atomic E-state index is 13.1. The number of carbonyl (C=O) groups is 1. The average molecular weight is 362 g/mol. The molecule has 0 saturated heterocycles. The summed E-state index contributed by atoms with van der Waals surface area (Å²) in [6, 6.07) is 5.47. The fraction of sp³-hybridized carbons (Fsp3) is 0.333. The molecule has 0 spiro atoms. The van der Waals surface area contributed by atoms with E-state index in [0.29, 0.717) is 16.7 Å². The van der Waals surface area contributed by atoms with Gasteiger partial charge in [0.15, 0.2) is 11.4 Å². The van der Waals surface area contributed by atoms with Gasteiger partial charge >= 0.3 is 0 Å². The van der Waals surface area contributed by atoms with Crippen molar-refractivity contribution in [2.75, 3.05) is 7.11 Å². The topological polar surface area (TPSA) is 89.9 Å². The van der Waals surface area contributed by atoms with E-state index in [9.17, 15) is 14.3 Å². The third kappa shape index (κ3) is 3.52. The van der Waals surface area contributed by atoms with Crippen LogP contribution < -0.4 is 10.2 Å². The Hall–Kier alpha value is -2.55. The second kappa shape index (κ2) is 6.99. The Balaban J connectivity index is 2.07. The molecule has 1 aliphatic heterocycles. The van der Waals surface area contributed by atoms with Crippen LogP contribution in [0.2, 0.25) is 0 Å². The Labute approximate surface area is 149 Å². The van der Waals surface area contributed by atoms with E-state index in [2.05, 4.69) is 15.3 Å². The van der Waals surface area contributed by atoms with Crippen molar-refractivity contribution >= 4 is 5.91 Å². The van der Waals surface area contributed by atoms with Gasteiger partial charge in [-0.2, -0.15) is 0 Å². The van der Waals surface area contributed by atoms with Gasteiger partial charge in [0.2, 0.25) is 5.79 Å². The van der Waals surface area contributed by atoms with Gasteiger partial charge in [0, 0.05) is 31.2 Å². The minimum absolute atomic E-state index is 0.0216. The molecule has 0 radical (unpaired) electrons. The van der Waals surface area contributed by atoms with Crippen LogP contribution in [0.5, 0.6) is 5.75 Å². The van der Waals surface area contributed by atoms with E-state index in [1.807, 2.05) is 0 Å². The van der Waals surface area contributed by atoms with Crippen molar-refractivity contribution in [1.29, 1.82) is 0 Å². The lowest BCUT2D eigenvalue weighted by atomic mass is 9.96. The summed E-state index contributed by atoms with van der Waals surface area (Å²) in [4.78, 5) is 21.0. The molecular weight excluding hydrogens is 343 g/mol. The SMILES string of the molecule is CONC(=O)c1ncc(C(O)c2ccc(F)cc2)c2c1OC(C)(C)OC2. The molecule has 1 atom stereocenters. The van der Waals surface area contributed by atoms with Crippen LogP contribution in [0.3, 0.4) is 0 Å². The monoisotopic (exact) mass is 362 g/mol. The lowest BCUT2D eigenvalue weighted by Gasteiger charge is -2.34. The van der Waals surface area contributed by atoms with E-state index >= 15 is 0 Å². The number of hydrogen-bond acceptors (Lipinski definition) is 6. The van der Waals surface area contributed by atoms with E-state index in [1.54, 1.807) is 13.8 Å². The number of hydrogen-bond donors (Lipinski definition) is 2. The molecule has 3 rings (SSSR count). The predicted octanol–water partition coefficient (Wildman–Crippen LogP) is 2.24. The van der Waals surface area contributed by atoms with E-state index < -0.39 is 23.6 Å². The van der Waals surface area contributed by atoms with Crippen LogP contribution >= 0.6 is 0 Å². The zero-order valence-electron chi connectivity index (χ0n) is 14.6. The maximum Gasteiger partial charge on any atom is 0.297 e. The number of pyridine rings is 1. The van der Waals surface area contributed by atoms with Crippen LogP contribution in [0.1, 0.15) is 47.1 Å². The Morgan fingerprint density at radius 3 is 2.73 bits per heavy atom. The molecule has 1 aromatic carbocycles. The van der Waals surface area contributed by atoms with Gasteiger partial charge in [-0.05, 0) is 17.7 Å². The number of fused-ring (bicyclic) bond motifs is 1. The highest BCUT2D eigenvalue weighted by Crippen LogP contribution is 2.38. The van der Waals surface area contributed by atoms with E-state index in [1.165, 1.54) is 37.6 Å². The Kier molecular flexibility index (Phi) is 4.90. The zero-order valence-corrected chi connectivity index (χ0v) is 14.6. The number of aliphatic hydroxyl groups is 1. The quantitative estimate of drug-likeness (QED) is 0.811. The van der Waals surface area contributed by atoms with Crippen molar-refractivity contribution < 1.29 is 28.6 Å². The molecule has 1 aliphatic rings. The smallest absolute Gasteiger partial charge is 0.297 e. The van der Waals surface area contributed by atoms with Crippen LogP contribution in [0, 0.1) is 5.82 Å². The van der Waals surface area contributed by atoms with Gasteiger partial charge < -0.3 is 14.6 Å². The largest absolute Gasteiger partial charge is 0.460 e. The van der Waals surface area contributed by atoms with Gasteiger partial charge in [-0.15, -0.1) is 0 Å². The molecule has 2 heterocycles. The van der Waals surface area contributed by atoms with Crippen molar-refractivity contribution in [3.05, 3.63) is 58.7 Å². The molecule has 1 aromatic heterocycles. The molecular formula is C18H19FN2O5. The summed E-state index contributed by atoms with van der Waals surface area (Å²) in [5.74, 6) is -1.73. The number of amides is 1. The van der Waals surface area contributed by atoms with Gasteiger partial charge in [-0.25, -0.2) is 14.9 Å². The molecule has 0 aliphatic carbocycles. The normalized spacial score (nSPS) is 16.3. The van der Waals surface area contributed by atoms with Gasteiger partial charge in [0.05, 0.1) is 13.7 Å². The summed E-state index contributed by atoms with van der Waals surface area (Å²) in [7, 11) is 1.31. The van der Waals surface area contributed by atoms with Crippen LogP contribution in [0.4, 0.5) is 4.39 Å². The number of halogens is 1. The van der Waals surface area contributed by atoms with Gasteiger partial charge in [-0.1, -0.05) is 12.1 Å². The van der Waals surface area contributed by atoms with Gasteiger partial charge in [-0.3, -0.25) is 9.63 Å². The highest BCUT2D eigenvalue weighted by molar-refractivity contribution is 5.94. The van der Waals surface area contributed by atoms with E-state index in [0.717, 1.165) is 0 Å². The molecule has 0 bridgehead atoms. The van der Waals surface area contributed by atoms with E-state index in [4.69, 9.17) is 9.47 Å². The summed E-state index contributed by atoms with van der Waals surface area (Å²) in [6.07, 6.45) is 0.299. The third-order valence-electron chi connectivity index (χ3n) is 3.97. The molecule has 8 heteroatoms. The number of carbonyl (C=O) groups excluding carboxylic acids is 1. The van der Waals surface area contributed by atoms with Gasteiger partial charge in [0.25, 0.3) is 5.91 Å². The Morgan fingerprint density at radius 2 is 2.08 bits per heavy atom. The maximum absolute atomic E-state index is 13.1. The first-order chi connectivity index (χ1) is 12.3. The first-order valence-electron chi connectivity index (χ1n) is 7.94. The molecule has 2 N–H and O–H groups in total. The summed E-state index contributed by atoms with van der Waals surface area (Å²) in [5.41, 5.74) is 3.61. The minimum atomic E-state index is -1.08. The van der Waals surface area contributed by atoms with Crippen molar-refractivity contribution in [3.8, 4) is 5.75 Å². The molecule has 138 valence electrons. The number of aliphatic hydroxyl groups excluding tert-OH is 1. The first kappa shape index (κ1) is 18.2. The average Bonchev–Trinajstić information content (AvgIpc) is 2.60. The summed E-state index contributed by atoms with van der Waals surface area (Å²) >= 11 is 0. The van der Waals surface area contributed by atoms with Crippen LogP contribution in [-0.4, -0.2) is 28.9 Å². The Bertz CT molecular complexity index is 823. The van der Waals surface area contributed by atoms with Crippen LogP contribution in [-0.2, 0) is 16.2 Å². The summed E-state index contributed by atoms with van der Waals surface area (Å²) < 4.78 is 24.6. The third-order valence-corrected chi connectivity index (χ3v) is 3.97. The predicted molar refractivity (Wildman–Crippen MR) is 88.7 cm³/mol. The standard InChI is InChI=1S/C18H19FN2O5/c1-18(2)25-9-13-12(15(22)10-4-6-11(19)7-5-10)8-20-14(16(13)26-18)17(23)21-24-3/h4-8,15,22H,9H2,1-3H3,(H,21,23). The van der Waals surface area contributed by atoms with Crippen molar-refractivity contribution in [2.24, 2.45) is 0 Å². The molecule has 2 aromatic rings. The number of nitrogens with one attached hydrogen (secondary N) is 1. The second-order valence-corrected chi connectivity index (χ2v) is 6.25. The lowest BCUT2D eigenvalue weighted by Crippen LogP contribution is -2.38.